The highest BCUT2D eigenvalue weighted by atomic mass is 79.9. The molecule has 2 rings (SSSR count). The van der Waals surface area contributed by atoms with Gasteiger partial charge < -0.3 is 4.74 Å². The molecule has 0 aliphatic heterocycles. The number of hydrogen-bond acceptors (Lipinski definition) is 2. The SMILES string of the molecule is CCc1ccc(COc2ccc(Br)c(F)c2)s1. The molecule has 1 aromatic heterocycles. The van der Waals surface area contributed by atoms with Crippen LogP contribution in [0, 0.1) is 5.82 Å². The third-order valence-electron chi connectivity index (χ3n) is 2.34. The van der Waals surface area contributed by atoms with Gasteiger partial charge in [-0.05, 0) is 46.6 Å². The van der Waals surface area contributed by atoms with Crippen LogP contribution in [-0.4, -0.2) is 0 Å². The van der Waals surface area contributed by atoms with Crippen molar-refractivity contribution in [3.63, 3.8) is 0 Å². The van der Waals surface area contributed by atoms with Gasteiger partial charge in [-0.3, -0.25) is 0 Å². The fourth-order valence-electron chi connectivity index (χ4n) is 1.41. The molecule has 1 heterocycles. The largest absolute Gasteiger partial charge is 0.488 e. The second-order valence-corrected chi connectivity index (χ2v) is 5.69. The van der Waals surface area contributed by atoms with Gasteiger partial charge in [0.1, 0.15) is 18.2 Å². The predicted octanol–water partition coefficient (Wildman–Crippen LogP) is 4.79. The number of aryl methyl sites for hydroxylation is 1. The summed E-state index contributed by atoms with van der Waals surface area (Å²) < 4.78 is 19.2. The number of halogens is 2. The Morgan fingerprint density at radius 3 is 2.65 bits per heavy atom. The molecule has 0 spiro atoms. The van der Waals surface area contributed by atoms with Crippen molar-refractivity contribution in [1.82, 2.24) is 0 Å². The third kappa shape index (κ3) is 3.30. The zero-order valence-corrected chi connectivity index (χ0v) is 11.8. The van der Waals surface area contributed by atoms with Crippen LogP contribution in [-0.2, 0) is 13.0 Å². The summed E-state index contributed by atoms with van der Waals surface area (Å²) in [6.07, 6.45) is 1.04. The molecule has 0 saturated heterocycles. The molecule has 1 aromatic carbocycles. The molecule has 0 atom stereocenters. The molecule has 1 nitrogen and oxygen atoms in total. The van der Waals surface area contributed by atoms with E-state index in [2.05, 4.69) is 35.0 Å². The summed E-state index contributed by atoms with van der Waals surface area (Å²) in [5.74, 6) is 0.250. The zero-order chi connectivity index (χ0) is 12.3. The van der Waals surface area contributed by atoms with Crippen LogP contribution in [0.25, 0.3) is 0 Å². The van der Waals surface area contributed by atoms with Crippen LogP contribution in [0.3, 0.4) is 0 Å². The molecule has 0 aliphatic carbocycles. The molecule has 0 N–H and O–H groups in total. The first-order valence-corrected chi connectivity index (χ1v) is 6.95. The summed E-state index contributed by atoms with van der Waals surface area (Å²) in [7, 11) is 0. The quantitative estimate of drug-likeness (QED) is 0.788. The first-order chi connectivity index (χ1) is 8.19. The van der Waals surface area contributed by atoms with E-state index in [1.807, 2.05) is 0 Å². The van der Waals surface area contributed by atoms with Crippen molar-refractivity contribution in [2.75, 3.05) is 0 Å². The van der Waals surface area contributed by atoms with Gasteiger partial charge in [0, 0.05) is 15.8 Å². The molecule has 90 valence electrons. The minimum atomic E-state index is -0.303. The van der Waals surface area contributed by atoms with Crippen molar-refractivity contribution in [1.29, 1.82) is 0 Å². The van der Waals surface area contributed by atoms with Crippen molar-refractivity contribution in [3.05, 3.63) is 50.4 Å². The van der Waals surface area contributed by atoms with Gasteiger partial charge in [-0.1, -0.05) is 6.92 Å². The molecule has 0 unspecified atom stereocenters. The summed E-state index contributed by atoms with van der Waals surface area (Å²) >= 11 is 4.84. The molecule has 4 heteroatoms. The van der Waals surface area contributed by atoms with Crippen molar-refractivity contribution in [2.24, 2.45) is 0 Å². The van der Waals surface area contributed by atoms with E-state index >= 15 is 0 Å². The molecule has 0 bridgehead atoms. The monoisotopic (exact) mass is 314 g/mol. The van der Waals surface area contributed by atoms with E-state index in [-0.39, 0.29) is 5.82 Å². The molecule has 2 aromatic rings. The number of benzene rings is 1. The summed E-state index contributed by atoms with van der Waals surface area (Å²) in [6.45, 7) is 2.62. The van der Waals surface area contributed by atoms with Crippen LogP contribution >= 0.6 is 27.3 Å². The van der Waals surface area contributed by atoms with E-state index in [1.165, 1.54) is 10.9 Å². The van der Waals surface area contributed by atoms with Crippen LogP contribution < -0.4 is 4.74 Å². The average Bonchev–Trinajstić information content (AvgIpc) is 2.79. The van der Waals surface area contributed by atoms with Gasteiger partial charge in [-0.25, -0.2) is 4.39 Å². The molecular weight excluding hydrogens is 303 g/mol. The van der Waals surface area contributed by atoms with Crippen LogP contribution in [0.4, 0.5) is 4.39 Å². The fraction of sp³-hybridized carbons (Fsp3) is 0.231. The van der Waals surface area contributed by atoms with Crippen molar-refractivity contribution in [2.45, 2.75) is 20.0 Å². The lowest BCUT2D eigenvalue weighted by Gasteiger charge is -2.05. The van der Waals surface area contributed by atoms with E-state index in [4.69, 9.17) is 4.74 Å². The Balaban J connectivity index is 1.99. The Morgan fingerprint density at radius 1 is 1.24 bits per heavy atom. The van der Waals surface area contributed by atoms with Gasteiger partial charge in [0.15, 0.2) is 0 Å². The minimum absolute atomic E-state index is 0.303. The first-order valence-electron chi connectivity index (χ1n) is 5.34. The van der Waals surface area contributed by atoms with Gasteiger partial charge in [0.05, 0.1) is 4.47 Å². The Kier molecular flexibility index (Phi) is 4.18. The van der Waals surface area contributed by atoms with Gasteiger partial charge in [-0.2, -0.15) is 0 Å². The van der Waals surface area contributed by atoms with Gasteiger partial charge in [-0.15, -0.1) is 11.3 Å². The number of thiophene rings is 1. The Bertz CT molecular complexity index is 510. The topological polar surface area (TPSA) is 9.23 Å². The minimum Gasteiger partial charge on any atom is -0.488 e. The molecule has 17 heavy (non-hydrogen) atoms. The maximum absolute atomic E-state index is 13.2. The lowest BCUT2D eigenvalue weighted by molar-refractivity contribution is 0.308. The smallest absolute Gasteiger partial charge is 0.141 e. The second-order valence-electron chi connectivity index (χ2n) is 3.59. The molecule has 0 fully saturated rings. The standard InChI is InChI=1S/C13H12BrFOS/c1-2-10-4-5-11(17-10)8-16-9-3-6-12(14)13(15)7-9/h3-7H,2,8H2,1H3. The molecule has 0 saturated carbocycles. The van der Waals surface area contributed by atoms with E-state index < -0.39 is 0 Å². The number of ether oxygens (including phenoxy) is 1. The number of rotatable bonds is 4. The highest BCUT2D eigenvalue weighted by Gasteiger charge is 2.03. The van der Waals surface area contributed by atoms with Gasteiger partial charge in [0.25, 0.3) is 0 Å². The van der Waals surface area contributed by atoms with Gasteiger partial charge in [0.2, 0.25) is 0 Å². The van der Waals surface area contributed by atoms with Gasteiger partial charge >= 0.3 is 0 Å². The summed E-state index contributed by atoms with van der Waals surface area (Å²) in [6, 6.07) is 8.95. The van der Waals surface area contributed by atoms with Crippen molar-refractivity contribution >= 4 is 27.3 Å². The maximum Gasteiger partial charge on any atom is 0.141 e. The summed E-state index contributed by atoms with van der Waals surface area (Å²) in [4.78, 5) is 2.50. The Morgan fingerprint density at radius 2 is 2.00 bits per heavy atom. The maximum atomic E-state index is 13.2. The highest BCUT2D eigenvalue weighted by molar-refractivity contribution is 9.10. The molecule has 0 amide bonds. The first kappa shape index (κ1) is 12.6. The average molecular weight is 315 g/mol. The Hall–Kier alpha value is -0.870. The lowest BCUT2D eigenvalue weighted by Crippen LogP contribution is -1.93. The van der Waals surface area contributed by atoms with E-state index in [9.17, 15) is 4.39 Å². The Labute approximate surface area is 112 Å². The van der Waals surface area contributed by atoms with Crippen LogP contribution in [0.15, 0.2) is 34.8 Å². The van der Waals surface area contributed by atoms with Crippen molar-refractivity contribution in [3.8, 4) is 5.75 Å². The van der Waals surface area contributed by atoms with E-state index in [0.29, 0.717) is 16.8 Å². The fourth-order valence-corrected chi connectivity index (χ4v) is 2.53. The lowest BCUT2D eigenvalue weighted by atomic mass is 10.3. The highest BCUT2D eigenvalue weighted by Crippen LogP contribution is 2.23. The molecular formula is C13H12BrFOS. The van der Waals surface area contributed by atoms with E-state index in [0.717, 1.165) is 11.3 Å². The zero-order valence-electron chi connectivity index (χ0n) is 9.37. The second kappa shape index (κ2) is 5.65. The summed E-state index contributed by atoms with van der Waals surface area (Å²) in [5, 5.41) is 0. The third-order valence-corrected chi connectivity index (χ3v) is 4.18. The van der Waals surface area contributed by atoms with Crippen LogP contribution in [0.5, 0.6) is 5.75 Å². The predicted molar refractivity (Wildman–Crippen MR) is 72.1 cm³/mol. The van der Waals surface area contributed by atoms with Crippen LogP contribution in [0.2, 0.25) is 0 Å². The van der Waals surface area contributed by atoms with Crippen LogP contribution in [0.1, 0.15) is 16.7 Å². The molecule has 0 aliphatic rings. The normalized spacial score (nSPS) is 10.5. The van der Waals surface area contributed by atoms with E-state index in [1.54, 1.807) is 23.5 Å². The number of hydrogen-bond donors (Lipinski definition) is 0. The summed E-state index contributed by atoms with van der Waals surface area (Å²) in [5.41, 5.74) is 0. The van der Waals surface area contributed by atoms with Crippen molar-refractivity contribution < 1.29 is 9.13 Å². The molecule has 0 radical (unpaired) electrons.